The second-order valence-corrected chi connectivity index (χ2v) is 6.65. The Morgan fingerprint density at radius 2 is 1.91 bits per heavy atom. The van der Waals surface area contributed by atoms with Crippen LogP contribution in [0.3, 0.4) is 0 Å². The summed E-state index contributed by atoms with van der Waals surface area (Å²) in [6, 6.07) is 7.85. The summed E-state index contributed by atoms with van der Waals surface area (Å²) in [6.07, 6.45) is 0.493. The molecule has 5 nitrogen and oxygen atoms in total. The zero-order chi connectivity index (χ0) is 16.8. The van der Waals surface area contributed by atoms with E-state index in [-0.39, 0.29) is 11.8 Å². The second kappa shape index (κ2) is 7.87. The maximum absolute atomic E-state index is 11.8. The van der Waals surface area contributed by atoms with Crippen molar-refractivity contribution in [3.63, 3.8) is 0 Å². The molecule has 0 aliphatic rings. The molecule has 1 aromatic carbocycles. The molecule has 0 atom stereocenters. The van der Waals surface area contributed by atoms with Gasteiger partial charge in [0.2, 0.25) is 11.8 Å². The van der Waals surface area contributed by atoms with Crippen molar-refractivity contribution < 1.29 is 9.59 Å². The molecule has 0 aliphatic heterocycles. The molecule has 6 heteroatoms. The summed E-state index contributed by atoms with van der Waals surface area (Å²) in [5.74, 6) is 0.271. The maximum Gasteiger partial charge on any atom is 0.226 e. The van der Waals surface area contributed by atoms with Gasteiger partial charge < -0.3 is 10.6 Å². The number of aromatic nitrogens is 1. The van der Waals surface area contributed by atoms with Crippen LogP contribution in [0.15, 0.2) is 29.6 Å². The van der Waals surface area contributed by atoms with Crippen LogP contribution in [0, 0.1) is 5.92 Å². The van der Waals surface area contributed by atoms with Gasteiger partial charge in [0, 0.05) is 30.8 Å². The van der Waals surface area contributed by atoms with Gasteiger partial charge in [-0.25, -0.2) is 4.98 Å². The number of hydrogen-bond acceptors (Lipinski definition) is 4. The van der Waals surface area contributed by atoms with Crippen LogP contribution >= 0.6 is 11.3 Å². The van der Waals surface area contributed by atoms with Crippen LogP contribution in [0.25, 0.3) is 11.3 Å². The summed E-state index contributed by atoms with van der Waals surface area (Å²) < 4.78 is 0. The predicted molar refractivity (Wildman–Crippen MR) is 93.2 cm³/mol. The van der Waals surface area contributed by atoms with Gasteiger partial charge in [0.1, 0.15) is 0 Å². The summed E-state index contributed by atoms with van der Waals surface area (Å²) >= 11 is 1.42. The van der Waals surface area contributed by atoms with E-state index in [0.717, 1.165) is 16.8 Å². The Balaban J connectivity index is 1.99. The van der Waals surface area contributed by atoms with Gasteiger partial charge in [-0.3, -0.25) is 9.59 Å². The van der Waals surface area contributed by atoms with Gasteiger partial charge in [0.15, 0.2) is 5.13 Å². The molecule has 2 amide bonds. The quantitative estimate of drug-likeness (QED) is 0.852. The van der Waals surface area contributed by atoms with Crippen LogP contribution < -0.4 is 10.6 Å². The highest BCUT2D eigenvalue weighted by atomic mass is 32.1. The van der Waals surface area contributed by atoms with E-state index >= 15 is 0 Å². The van der Waals surface area contributed by atoms with Crippen molar-refractivity contribution in [3.05, 3.63) is 35.2 Å². The molecule has 0 saturated carbocycles. The van der Waals surface area contributed by atoms with Crippen molar-refractivity contribution in [1.29, 1.82) is 0 Å². The lowest BCUT2D eigenvalue weighted by molar-refractivity contribution is -0.119. The molecule has 1 aromatic heterocycles. The van der Waals surface area contributed by atoms with Gasteiger partial charge in [0.05, 0.1) is 5.69 Å². The maximum atomic E-state index is 11.8. The Bertz CT molecular complexity index is 677. The van der Waals surface area contributed by atoms with E-state index in [1.165, 1.54) is 18.3 Å². The summed E-state index contributed by atoms with van der Waals surface area (Å²) in [7, 11) is 0. The summed E-state index contributed by atoms with van der Waals surface area (Å²) in [5.41, 5.74) is 2.85. The van der Waals surface area contributed by atoms with Crippen LogP contribution in [0.1, 0.15) is 32.8 Å². The predicted octanol–water partition coefficient (Wildman–Crippen LogP) is 3.43. The molecule has 2 aromatic rings. The second-order valence-electron chi connectivity index (χ2n) is 5.79. The number of anilines is 1. The van der Waals surface area contributed by atoms with Gasteiger partial charge >= 0.3 is 0 Å². The van der Waals surface area contributed by atoms with E-state index in [1.807, 2.05) is 43.5 Å². The fraction of sp³-hybridized carbons (Fsp3) is 0.353. The highest BCUT2D eigenvalue weighted by Crippen LogP contribution is 2.25. The normalized spacial score (nSPS) is 10.6. The lowest BCUT2D eigenvalue weighted by atomic mass is 10.1. The van der Waals surface area contributed by atoms with Crippen molar-refractivity contribution >= 4 is 28.3 Å². The van der Waals surface area contributed by atoms with E-state index in [0.29, 0.717) is 24.0 Å². The highest BCUT2D eigenvalue weighted by molar-refractivity contribution is 7.14. The molecule has 2 rings (SSSR count). The Labute approximate surface area is 140 Å². The molecule has 0 aliphatic carbocycles. The first-order valence-electron chi connectivity index (χ1n) is 7.53. The number of nitrogens with one attached hydrogen (secondary N) is 2. The monoisotopic (exact) mass is 331 g/mol. The molecule has 122 valence electrons. The van der Waals surface area contributed by atoms with Crippen molar-refractivity contribution in [1.82, 2.24) is 10.3 Å². The molecule has 2 N–H and O–H groups in total. The van der Waals surface area contributed by atoms with Crippen LogP contribution in [-0.2, 0) is 16.1 Å². The zero-order valence-corrected chi connectivity index (χ0v) is 14.4. The number of rotatable bonds is 6. The number of amides is 2. The van der Waals surface area contributed by atoms with E-state index in [1.54, 1.807) is 0 Å². The van der Waals surface area contributed by atoms with Crippen LogP contribution in [0.2, 0.25) is 0 Å². The van der Waals surface area contributed by atoms with E-state index in [4.69, 9.17) is 0 Å². The Kier molecular flexibility index (Phi) is 5.87. The number of hydrogen-bond donors (Lipinski definition) is 2. The molecule has 1 heterocycles. The van der Waals surface area contributed by atoms with Crippen LogP contribution in [0.4, 0.5) is 5.13 Å². The number of nitrogens with zero attached hydrogens (tertiary/aromatic N) is 1. The summed E-state index contributed by atoms with van der Waals surface area (Å²) in [5, 5.41) is 8.13. The molecule has 0 fully saturated rings. The fourth-order valence-corrected chi connectivity index (χ4v) is 2.76. The largest absolute Gasteiger partial charge is 0.352 e. The Hall–Kier alpha value is -2.21. The molecule has 0 bridgehead atoms. The van der Waals surface area contributed by atoms with E-state index in [9.17, 15) is 9.59 Å². The molecule has 0 radical (unpaired) electrons. The Morgan fingerprint density at radius 3 is 2.52 bits per heavy atom. The minimum Gasteiger partial charge on any atom is -0.352 e. The molecular weight excluding hydrogens is 310 g/mol. The molecular formula is C17H21N3O2S. The first kappa shape index (κ1) is 17.1. The van der Waals surface area contributed by atoms with Gasteiger partial charge in [-0.2, -0.15) is 0 Å². The van der Waals surface area contributed by atoms with Crippen LogP contribution in [-0.4, -0.2) is 16.8 Å². The van der Waals surface area contributed by atoms with Crippen molar-refractivity contribution in [2.45, 2.75) is 33.7 Å². The topological polar surface area (TPSA) is 71.1 Å². The summed E-state index contributed by atoms with van der Waals surface area (Å²) in [6.45, 7) is 6.03. The minimum atomic E-state index is -0.0460. The number of benzene rings is 1. The third-order valence-electron chi connectivity index (χ3n) is 3.14. The average molecular weight is 331 g/mol. The molecule has 0 saturated heterocycles. The van der Waals surface area contributed by atoms with Gasteiger partial charge in [-0.05, 0) is 11.5 Å². The third-order valence-corrected chi connectivity index (χ3v) is 3.89. The molecule has 0 unspecified atom stereocenters. The molecule has 0 spiro atoms. The average Bonchev–Trinajstić information content (AvgIpc) is 2.93. The lowest BCUT2D eigenvalue weighted by Crippen LogP contribution is -2.18. The fourth-order valence-electron chi connectivity index (χ4n) is 2.02. The highest BCUT2D eigenvalue weighted by Gasteiger charge is 2.09. The number of thiazole rings is 1. The van der Waals surface area contributed by atoms with Gasteiger partial charge in [-0.15, -0.1) is 11.3 Å². The van der Waals surface area contributed by atoms with Crippen molar-refractivity contribution in [3.8, 4) is 11.3 Å². The SMILES string of the molecule is CC(=O)NCc1ccc(-c2csc(NC(=O)CC(C)C)n2)cc1. The Morgan fingerprint density at radius 1 is 1.22 bits per heavy atom. The minimum absolute atomic E-state index is 0.00782. The zero-order valence-electron chi connectivity index (χ0n) is 13.6. The van der Waals surface area contributed by atoms with E-state index < -0.39 is 0 Å². The first-order chi connectivity index (χ1) is 10.9. The lowest BCUT2D eigenvalue weighted by Gasteiger charge is -2.04. The van der Waals surface area contributed by atoms with Crippen LogP contribution in [0.5, 0.6) is 0 Å². The first-order valence-corrected chi connectivity index (χ1v) is 8.41. The van der Waals surface area contributed by atoms with Gasteiger partial charge in [-0.1, -0.05) is 38.1 Å². The summed E-state index contributed by atoms with van der Waals surface area (Å²) in [4.78, 5) is 27.1. The van der Waals surface area contributed by atoms with Gasteiger partial charge in [0.25, 0.3) is 0 Å². The number of carbonyl (C=O) groups excluding carboxylic acids is 2. The molecule has 23 heavy (non-hydrogen) atoms. The number of carbonyl (C=O) groups is 2. The smallest absolute Gasteiger partial charge is 0.226 e. The standard InChI is InChI=1S/C17H21N3O2S/c1-11(2)8-16(22)20-17-19-15(10-23-17)14-6-4-13(5-7-14)9-18-12(3)21/h4-7,10-11H,8-9H2,1-3H3,(H,18,21)(H,19,20,22). The van der Waals surface area contributed by atoms with Crippen molar-refractivity contribution in [2.75, 3.05) is 5.32 Å². The van der Waals surface area contributed by atoms with E-state index in [2.05, 4.69) is 15.6 Å². The third kappa shape index (κ3) is 5.49. The van der Waals surface area contributed by atoms with Crippen molar-refractivity contribution in [2.24, 2.45) is 5.92 Å².